The number of hydrogen-bond acceptors (Lipinski definition) is 7. The molecule has 0 saturated carbocycles. The minimum absolute atomic E-state index is 0.121. The number of sulfonamides is 1. The second-order valence-corrected chi connectivity index (χ2v) is 5.74. The van der Waals surface area contributed by atoms with Crippen LogP contribution in [0, 0.1) is 10.1 Å². The van der Waals surface area contributed by atoms with Crippen molar-refractivity contribution >= 4 is 21.4 Å². The zero-order valence-electron chi connectivity index (χ0n) is 10.9. The summed E-state index contributed by atoms with van der Waals surface area (Å²) in [5, 5.41) is 17.3. The Morgan fingerprint density at radius 2 is 2.14 bits per heavy atom. The van der Waals surface area contributed by atoms with Gasteiger partial charge in [0.25, 0.3) is 5.69 Å². The summed E-state index contributed by atoms with van der Waals surface area (Å²) in [6.45, 7) is -0.121. The van der Waals surface area contributed by atoms with Crippen LogP contribution in [0.4, 0.5) is 11.4 Å². The van der Waals surface area contributed by atoms with E-state index in [-0.39, 0.29) is 6.54 Å². The van der Waals surface area contributed by atoms with Crippen molar-refractivity contribution in [2.45, 2.75) is 11.4 Å². The van der Waals surface area contributed by atoms with Gasteiger partial charge in [0, 0.05) is 24.9 Å². The number of nitro benzene ring substituents is 1. The standard InChI is InChI=1S/C11H12N4O5S/c1-12-8-2-3-11(10(6-8)15(16)17)21(18,19)13-7-9-4-5-20-14-9/h2-6,12-13H,7H2,1H3. The van der Waals surface area contributed by atoms with Crippen LogP contribution in [0.5, 0.6) is 0 Å². The molecule has 0 fully saturated rings. The predicted octanol–water partition coefficient (Wildman–Crippen LogP) is 1.10. The molecule has 0 aliphatic heterocycles. The topological polar surface area (TPSA) is 127 Å². The molecule has 1 aromatic carbocycles. The Hall–Kier alpha value is -2.46. The Balaban J connectivity index is 2.32. The Morgan fingerprint density at radius 1 is 1.38 bits per heavy atom. The summed E-state index contributed by atoms with van der Waals surface area (Å²) < 4.78 is 31.1. The Kier molecular flexibility index (Phi) is 4.19. The van der Waals surface area contributed by atoms with Gasteiger partial charge in [-0.3, -0.25) is 10.1 Å². The number of hydrogen-bond donors (Lipinski definition) is 2. The first kappa shape index (κ1) is 14.9. The monoisotopic (exact) mass is 312 g/mol. The summed E-state index contributed by atoms with van der Waals surface area (Å²) in [5.74, 6) is 0. The van der Waals surface area contributed by atoms with Crippen LogP contribution in [0.3, 0.4) is 0 Å². The lowest BCUT2D eigenvalue weighted by molar-refractivity contribution is -0.387. The van der Waals surface area contributed by atoms with E-state index in [1.54, 1.807) is 7.05 Å². The van der Waals surface area contributed by atoms with Gasteiger partial charge < -0.3 is 9.84 Å². The number of benzene rings is 1. The molecule has 1 heterocycles. The van der Waals surface area contributed by atoms with Gasteiger partial charge in [-0.1, -0.05) is 5.16 Å². The molecule has 0 bridgehead atoms. The van der Waals surface area contributed by atoms with Crippen molar-refractivity contribution < 1.29 is 17.9 Å². The summed E-state index contributed by atoms with van der Waals surface area (Å²) in [4.78, 5) is 9.88. The van der Waals surface area contributed by atoms with Gasteiger partial charge in [-0.05, 0) is 12.1 Å². The van der Waals surface area contributed by atoms with Crippen LogP contribution in [0.2, 0.25) is 0 Å². The maximum Gasteiger partial charge on any atom is 0.291 e. The highest BCUT2D eigenvalue weighted by Gasteiger charge is 2.26. The van der Waals surface area contributed by atoms with E-state index in [0.29, 0.717) is 11.4 Å². The Morgan fingerprint density at radius 3 is 2.71 bits per heavy atom. The minimum atomic E-state index is -4.04. The average Bonchev–Trinajstić information content (AvgIpc) is 2.98. The molecule has 2 rings (SSSR count). The molecule has 2 N–H and O–H groups in total. The molecule has 0 amide bonds. The summed E-state index contributed by atoms with van der Waals surface area (Å²) in [7, 11) is -2.46. The summed E-state index contributed by atoms with van der Waals surface area (Å²) in [6.07, 6.45) is 1.30. The van der Waals surface area contributed by atoms with Gasteiger partial charge in [-0.2, -0.15) is 0 Å². The van der Waals surface area contributed by atoms with Crippen molar-refractivity contribution in [2.75, 3.05) is 12.4 Å². The van der Waals surface area contributed by atoms with E-state index in [9.17, 15) is 18.5 Å². The Bertz CT molecular complexity index is 742. The van der Waals surface area contributed by atoms with Gasteiger partial charge in [-0.15, -0.1) is 0 Å². The van der Waals surface area contributed by atoms with Crippen LogP contribution in [0.15, 0.2) is 39.9 Å². The summed E-state index contributed by atoms with van der Waals surface area (Å²) in [5.41, 5.74) is 0.305. The van der Waals surface area contributed by atoms with E-state index >= 15 is 0 Å². The van der Waals surface area contributed by atoms with Gasteiger partial charge in [0.2, 0.25) is 10.0 Å². The number of nitro groups is 1. The summed E-state index contributed by atoms with van der Waals surface area (Å²) in [6, 6.07) is 5.26. The van der Waals surface area contributed by atoms with Gasteiger partial charge in [0.05, 0.1) is 17.2 Å². The van der Waals surface area contributed by atoms with E-state index in [1.807, 2.05) is 0 Å². The minimum Gasteiger partial charge on any atom is -0.388 e. The SMILES string of the molecule is CNc1ccc(S(=O)(=O)NCc2ccon2)c([N+](=O)[O-])c1. The Labute approximate surface area is 120 Å². The lowest BCUT2D eigenvalue weighted by Gasteiger charge is -2.07. The van der Waals surface area contributed by atoms with Gasteiger partial charge in [0.15, 0.2) is 4.90 Å². The van der Waals surface area contributed by atoms with Gasteiger partial charge in [-0.25, -0.2) is 13.1 Å². The number of nitrogens with zero attached hydrogens (tertiary/aromatic N) is 2. The molecule has 0 saturated heterocycles. The van der Waals surface area contributed by atoms with Crippen molar-refractivity contribution in [3.63, 3.8) is 0 Å². The van der Waals surface area contributed by atoms with E-state index in [4.69, 9.17) is 0 Å². The van der Waals surface area contributed by atoms with Crippen LogP contribution >= 0.6 is 0 Å². The molecule has 1 aromatic heterocycles. The van der Waals surface area contributed by atoms with Crippen LogP contribution in [-0.2, 0) is 16.6 Å². The maximum absolute atomic E-state index is 12.2. The molecule has 0 atom stereocenters. The van der Waals surface area contributed by atoms with Crippen molar-refractivity contribution in [1.29, 1.82) is 0 Å². The fourth-order valence-corrected chi connectivity index (χ4v) is 2.77. The third-order valence-electron chi connectivity index (χ3n) is 2.67. The highest BCUT2D eigenvalue weighted by atomic mass is 32.2. The smallest absolute Gasteiger partial charge is 0.291 e. The molecule has 9 nitrogen and oxygen atoms in total. The molecule has 0 unspecified atom stereocenters. The first-order valence-electron chi connectivity index (χ1n) is 5.79. The maximum atomic E-state index is 12.2. The molecule has 0 aliphatic rings. The van der Waals surface area contributed by atoms with Crippen molar-refractivity contribution in [2.24, 2.45) is 0 Å². The van der Waals surface area contributed by atoms with Crippen LogP contribution in [0.25, 0.3) is 0 Å². The van der Waals surface area contributed by atoms with Gasteiger partial charge >= 0.3 is 0 Å². The van der Waals surface area contributed by atoms with Crippen molar-refractivity contribution in [1.82, 2.24) is 9.88 Å². The number of aromatic nitrogens is 1. The normalized spacial score (nSPS) is 11.3. The molecule has 21 heavy (non-hydrogen) atoms. The summed E-state index contributed by atoms with van der Waals surface area (Å²) >= 11 is 0. The third kappa shape index (κ3) is 3.35. The van der Waals surface area contributed by atoms with Crippen LogP contribution in [0.1, 0.15) is 5.69 Å². The highest BCUT2D eigenvalue weighted by Crippen LogP contribution is 2.27. The first-order chi connectivity index (χ1) is 9.94. The average molecular weight is 312 g/mol. The van der Waals surface area contributed by atoms with Gasteiger partial charge in [0.1, 0.15) is 6.26 Å². The lowest BCUT2D eigenvalue weighted by atomic mass is 10.3. The number of anilines is 1. The zero-order chi connectivity index (χ0) is 15.5. The fourth-order valence-electron chi connectivity index (χ4n) is 1.62. The van der Waals surface area contributed by atoms with Crippen LogP contribution in [-0.4, -0.2) is 25.5 Å². The zero-order valence-corrected chi connectivity index (χ0v) is 11.8. The molecule has 2 aromatic rings. The second kappa shape index (κ2) is 5.89. The molecule has 0 spiro atoms. The molecule has 0 aliphatic carbocycles. The largest absolute Gasteiger partial charge is 0.388 e. The molecular weight excluding hydrogens is 300 g/mol. The second-order valence-electron chi connectivity index (χ2n) is 4.00. The van der Waals surface area contributed by atoms with E-state index < -0.39 is 25.5 Å². The van der Waals surface area contributed by atoms with Crippen LogP contribution < -0.4 is 10.0 Å². The number of rotatable bonds is 6. The first-order valence-corrected chi connectivity index (χ1v) is 7.27. The van der Waals surface area contributed by atoms with E-state index in [2.05, 4.69) is 19.7 Å². The molecule has 0 radical (unpaired) electrons. The highest BCUT2D eigenvalue weighted by molar-refractivity contribution is 7.89. The molecular formula is C11H12N4O5S. The fraction of sp³-hybridized carbons (Fsp3) is 0.182. The third-order valence-corrected chi connectivity index (χ3v) is 4.12. The molecule has 10 heteroatoms. The lowest BCUT2D eigenvalue weighted by Crippen LogP contribution is -2.24. The quantitative estimate of drug-likeness (QED) is 0.604. The number of nitrogens with one attached hydrogen (secondary N) is 2. The molecule has 112 valence electrons. The van der Waals surface area contributed by atoms with Crippen molar-refractivity contribution in [3.8, 4) is 0 Å². The predicted molar refractivity (Wildman–Crippen MR) is 73.2 cm³/mol. The van der Waals surface area contributed by atoms with Crippen molar-refractivity contribution in [3.05, 3.63) is 46.3 Å². The van der Waals surface area contributed by atoms with E-state index in [1.165, 1.54) is 24.5 Å². The van der Waals surface area contributed by atoms with E-state index in [0.717, 1.165) is 6.07 Å².